The summed E-state index contributed by atoms with van der Waals surface area (Å²) < 4.78 is 5.41. The van der Waals surface area contributed by atoms with Gasteiger partial charge in [0.05, 0.1) is 12.3 Å². The molecule has 0 amide bonds. The third-order valence-corrected chi connectivity index (χ3v) is 3.98. The summed E-state index contributed by atoms with van der Waals surface area (Å²) in [7, 11) is 1.67. The van der Waals surface area contributed by atoms with E-state index in [1.165, 1.54) is 37.9 Å². The van der Waals surface area contributed by atoms with E-state index >= 15 is 0 Å². The van der Waals surface area contributed by atoms with Crippen molar-refractivity contribution in [1.82, 2.24) is 4.90 Å². The van der Waals surface area contributed by atoms with Crippen LogP contribution in [0.4, 0.5) is 5.69 Å². The maximum Gasteiger partial charge on any atom is 0.145 e. The first kappa shape index (κ1) is 15.2. The number of aliphatic imine (C=N–C) groups is 1. The van der Waals surface area contributed by atoms with Crippen molar-refractivity contribution in [2.75, 3.05) is 26.7 Å². The Morgan fingerprint density at radius 3 is 3.05 bits per heavy atom. The lowest BCUT2D eigenvalue weighted by Crippen LogP contribution is -2.34. The van der Waals surface area contributed by atoms with Crippen LogP contribution in [0.25, 0.3) is 0 Å². The molecule has 1 heterocycles. The van der Waals surface area contributed by atoms with Crippen LogP contribution in [0.15, 0.2) is 23.2 Å². The van der Waals surface area contributed by atoms with Crippen molar-refractivity contribution in [3.8, 4) is 5.75 Å². The molecule has 3 nitrogen and oxygen atoms in total. The van der Waals surface area contributed by atoms with Gasteiger partial charge in [0.25, 0.3) is 0 Å². The highest BCUT2D eigenvalue weighted by Crippen LogP contribution is 2.34. The molecule has 1 saturated heterocycles. The minimum atomic E-state index is 0.592. The van der Waals surface area contributed by atoms with Gasteiger partial charge in [0.2, 0.25) is 0 Å². The van der Waals surface area contributed by atoms with Crippen molar-refractivity contribution in [2.45, 2.75) is 32.1 Å². The van der Waals surface area contributed by atoms with E-state index < -0.39 is 0 Å². The van der Waals surface area contributed by atoms with Crippen molar-refractivity contribution >= 4 is 23.1 Å². The van der Waals surface area contributed by atoms with Gasteiger partial charge in [-0.15, -0.1) is 0 Å². The first-order valence-electron chi connectivity index (χ1n) is 7.26. The largest absolute Gasteiger partial charge is 0.494 e. The highest BCUT2D eigenvalue weighted by Gasteiger charge is 2.21. The number of methoxy groups -OCH3 is 1. The molecule has 1 aliphatic rings. The molecule has 0 radical (unpaired) electrons. The Morgan fingerprint density at radius 1 is 1.50 bits per heavy atom. The number of benzene rings is 1. The molecule has 108 valence electrons. The average Bonchev–Trinajstić information content (AvgIpc) is 2.48. The molecular formula is C16H22N2OS. The van der Waals surface area contributed by atoms with Crippen molar-refractivity contribution in [1.29, 1.82) is 0 Å². The van der Waals surface area contributed by atoms with E-state index in [1.54, 1.807) is 7.11 Å². The van der Waals surface area contributed by atoms with Gasteiger partial charge in [-0.05, 0) is 68.2 Å². The lowest BCUT2D eigenvalue weighted by atomic mass is 9.90. The number of ether oxygens (including phenoxy) is 1. The van der Waals surface area contributed by atoms with Crippen LogP contribution in [0.5, 0.6) is 5.75 Å². The topological polar surface area (TPSA) is 24.8 Å². The van der Waals surface area contributed by atoms with Gasteiger partial charge in [0.15, 0.2) is 0 Å². The molecule has 0 spiro atoms. The van der Waals surface area contributed by atoms with Gasteiger partial charge in [-0.3, -0.25) is 0 Å². The molecule has 0 aromatic heterocycles. The summed E-state index contributed by atoms with van der Waals surface area (Å²) in [6, 6.07) is 6.23. The predicted molar refractivity (Wildman–Crippen MR) is 86.4 cm³/mol. The lowest BCUT2D eigenvalue weighted by molar-refractivity contribution is 0.208. The summed E-state index contributed by atoms with van der Waals surface area (Å²) in [6.07, 6.45) is 3.74. The van der Waals surface area contributed by atoms with Gasteiger partial charge in [-0.25, -0.2) is 0 Å². The highest BCUT2D eigenvalue weighted by molar-refractivity contribution is 7.78. The SMILES string of the molecule is CCCN1CCC[C@@H](c2ccc(N=C=S)c(OC)c2)C1. The van der Waals surface area contributed by atoms with E-state index in [9.17, 15) is 0 Å². The Morgan fingerprint density at radius 2 is 2.35 bits per heavy atom. The van der Waals surface area contributed by atoms with Gasteiger partial charge in [0.1, 0.15) is 11.4 Å². The Hall–Kier alpha value is -1.22. The van der Waals surface area contributed by atoms with Crippen LogP contribution in [0, 0.1) is 0 Å². The number of likely N-dealkylation sites (tertiary alicyclic amines) is 1. The van der Waals surface area contributed by atoms with Crippen LogP contribution < -0.4 is 4.74 Å². The second-order valence-corrected chi connectivity index (χ2v) is 5.46. The molecule has 1 aliphatic heterocycles. The van der Waals surface area contributed by atoms with E-state index in [-0.39, 0.29) is 0 Å². The van der Waals surface area contributed by atoms with Crippen LogP contribution in [-0.2, 0) is 0 Å². The lowest BCUT2D eigenvalue weighted by Gasteiger charge is -2.32. The van der Waals surface area contributed by atoms with Gasteiger partial charge in [-0.2, -0.15) is 4.99 Å². The zero-order chi connectivity index (χ0) is 14.4. The molecule has 20 heavy (non-hydrogen) atoms. The van der Waals surface area contributed by atoms with Gasteiger partial charge >= 0.3 is 0 Å². The maximum atomic E-state index is 5.41. The quantitative estimate of drug-likeness (QED) is 0.605. The molecule has 4 heteroatoms. The summed E-state index contributed by atoms with van der Waals surface area (Å²) in [4.78, 5) is 6.60. The van der Waals surface area contributed by atoms with Gasteiger partial charge < -0.3 is 9.64 Å². The molecule has 0 aliphatic carbocycles. The second kappa shape index (κ2) is 7.53. The normalized spacial score (nSPS) is 19.4. The Bertz CT molecular complexity index is 495. The van der Waals surface area contributed by atoms with Crippen LogP contribution in [0.3, 0.4) is 0 Å². The van der Waals surface area contributed by atoms with Gasteiger partial charge in [0, 0.05) is 6.54 Å². The second-order valence-electron chi connectivity index (χ2n) is 5.27. The van der Waals surface area contributed by atoms with Crippen LogP contribution in [0.2, 0.25) is 0 Å². The predicted octanol–water partition coefficient (Wildman–Crippen LogP) is 4.02. The zero-order valence-electron chi connectivity index (χ0n) is 12.3. The molecule has 0 unspecified atom stereocenters. The molecule has 1 aromatic carbocycles. The number of isothiocyanates is 1. The summed E-state index contributed by atoms with van der Waals surface area (Å²) in [5.41, 5.74) is 2.10. The highest BCUT2D eigenvalue weighted by atomic mass is 32.1. The first-order valence-corrected chi connectivity index (χ1v) is 7.67. The fourth-order valence-electron chi connectivity index (χ4n) is 2.94. The van der Waals surface area contributed by atoms with E-state index in [1.807, 2.05) is 6.07 Å². The van der Waals surface area contributed by atoms with Gasteiger partial charge in [-0.1, -0.05) is 13.0 Å². The maximum absolute atomic E-state index is 5.41. The van der Waals surface area contributed by atoms with Crippen LogP contribution in [0.1, 0.15) is 37.7 Å². The molecule has 0 saturated carbocycles. The number of thiocarbonyl (C=S) groups is 1. The van der Waals surface area contributed by atoms with Crippen LogP contribution >= 0.6 is 12.2 Å². The van der Waals surface area contributed by atoms with Crippen molar-refractivity contribution in [3.05, 3.63) is 23.8 Å². The standard InChI is InChI=1S/C16H22N2OS/c1-3-8-18-9-4-5-14(11-18)13-6-7-15(17-12-20)16(10-13)19-2/h6-7,10,14H,3-5,8-9,11H2,1-2H3/t14-/m1/s1. The summed E-state index contributed by atoms with van der Waals surface area (Å²) in [5.74, 6) is 1.38. The monoisotopic (exact) mass is 290 g/mol. The fourth-order valence-corrected chi connectivity index (χ4v) is 3.03. The minimum Gasteiger partial charge on any atom is -0.494 e. The Labute approximate surface area is 126 Å². The molecule has 1 atom stereocenters. The van der Waals surface area contributed by atoms with E-state index in [2.05, 4.69) is 46.3 Å². The number of hydrogen-bond donors (Lipinski definition) is 0. The smallest absolute Gasteiger partial charge is 0.145 e. The number of piperidine rings is 1. The summed E-state index contributed by atoms with van der Waals surface area (Å²) >= 11 is 4.67. The molecule has 0 N–H and O–H groups in total. The van der Waals surface area contributed by atoms with E-state index in [0.717, 1.165) is 18.0 Å². The fraction of sp³-hybridized carbons (Fsp3) is 0.562. The number of nitrogens with zero attached hydrogens (tertiary/aromatic N) is 2. The third kappa shape index (κ3) is 3.66. The van der Waals surface area contributed by atoms with Crippen molar-refractivity contribution < 1.29 is 4.74 Å². The average molecular weight is 290 g/mol. The zero-order valence-corrected chi connectivity index (χ0v) is 13.1. The number of hydrogen-bond acceptors (Lipinski definition) is 4. The minimum absolute atomic E-state index is 0.592. The number of rotatable bonds is 5. The van der Waals surface area contributed by atoms with Crippen LogP contribution in [-0.4, -0.2) is 36.8 Å². The summed E-state index contributed by atoms with van der Waals surface area (Å²) in [6.45, 7) is 5.81. The van der Waals surface area contributed by atoms with Crippen molar-refractivity contribution in [3.63, 3.8) is 0 Å². The molecule has 1 fully saturated rings. The van der Waals surface area contributed by atoms with E-state index in [0.29, 0.717) is 5.92 Å². The Kier molecular flexibility index (Phi) is 5.72. The molecule has 0 bridgehead atoms. The third-order valence-electron chi connectivity index (χ3n) is 3.89. The molecule has 2 rings (SSSR count). The molecular weight excluding hydrogens is 268 g/mol. The Balaban J connectivity index is 2.17. The molecule has 1 aromatic rings. The summed E-state index contributed by atoms with van der Waals surface area (Å²) in [5, 5.41) is 2.40. The van der Waals surface area contributed by atoms with Crippen molar-refractivity contribution in [2.24, 2.45) is 4.99 Å². The van der Waals surface area contributed by atoms with E-state index in [4.69, 9.17) is 4.74 Å². The first-order chi connectivity index (χ1) is 9.78.